The van der Waals surface area contributed by atoms with Crippen molar-refractivity contribution < 1.29 is 26.9 Å². The van der Waals surface area contributed by atoms with E-state index in [4.69, 9.17) is 26.9 Å². The van der Waals surface area contributed by atoms with Crippen molar-refractivity contribution >= 4 is 41.6 Å². The standard InChI is InChI=1S/C34H64O6Si5/c1-35-33-25-28(20-22-31(33)38-43(8,9)10)34(40-45(14,15)16)30(26-37-42(5,6)7)29-21-19-27(18-17-23-36-41(2,3)4)24-32(29)39-44(11,12)13/h19-22,24-25,30,34H,17-18,23,26H2,1-16H3. The Balaban J connectivity index is 2.70. The van der Waals surface area contributed by atoms with Gasteiger partial charge in [-0.15, -0.1) is 0 Å². The highest BCUT2D eigenvalue weighted by Crippen LogP contribution is 2.44. The Labute approximate surface area is 281 Å². The SMILES string of the molecule is COc1cc(C(O[Si](C)(C)C)C(CO[Si](C)(C)C)c2ccc(CCCO[Si](C)(C)C)cc2O[Si](C)(C)C)ccc1O[Si](C)(C)C. The first-order valence-corrected chi connectivity index (χ1v) is 33.5. The molecule has 0 bridgehead atoms. The lowest BCUT2D eigenvalue weighted by Crippen LogP contribution is -2.36. The van der Waals surface area contributed by atoms with Crippen LogP contribution in [-0.4, -0.2) is 61.9 Å². The largest absolute Gasteiger partial charge is 0.544 e. The van der Waals surface area contributed by atoms with E-state index in [2.05, 4.69) is 135 Å². The minimum Gasteiger partial charge on any atom is -0.544 e. The highest BCUT2D eigenvalue weighted by molar-refractivity contribution is 6.71. The van der Waals surface area contributed by atoms with Crippen LogP contribution in [0.2, 0.25) is 98.2 Å². The van der Waals surface area contributed by atoms with Gasteiger partial charge in [-0.25, -0.2) is 0 Å². The van der Waals surface area contributed by atoms with Crippen molar-refractivity contribution in [3.63, 3.8) is 0 Å². The van der Waals surface area contributed by atoms with Gasteiger partial charge in [0.1, 0.15) is 11.5 Å². The second-order valence-corrected chi connectivity index (χ2v) is 39.3. The fourth-order valence-corrected chi connectivity index (χ4v) is 9.00. The molecule has 0 aliphatic carbocycles. The Morgan fingerprint density at radius 2 is 1.16 bits per heavy atom. The zero-order chi connectivity index (χ0) is 34.4. The number of methoxy groups -OCH3 is 1. The van der Waals surface area contributed by atoms with Crippen LogP contribution in [0, 0.1) is 0 Å². The van der Waals surface area contributed by atoms with Gasteiger partial charge in [0.2, 0.25) is 16.6 Å². The molecule has 0 saturated carbocycles. The number of benzene rings is 2. The van der Waals surface area contributed by atoms with E-state index in [-0.39, 0.29) is 12.0 Å². The monoisotopic (exact) mass is 708 g/mol. The van der Waals surface area contributed by atoms with E-state index in [1.807, 2.05) is 0 Å². The van der Waals surface area contributed by atoms with E-state index < -0.39 is 41.6 Å². The predicted molar refractivity (Wildman–Crippen MR) is 204 cm³/mol. The van der Waals surface area contributed by atoms with Crippen LogP contribution in [0.15, 0.2) is 36.4 Å². The minimum absolute atomic E-state index is 0.0764. The van der Waals surface area contributed by atoms with Crippen molar-refractivity contribution in [1.29, 1.82) is 0 Å². The molecular weight excluding hydrogens is 645 g/mol. The molecule has 256 valence electrons. The van der Waals surface area contributed by atoms with Crippen molar-refractivity contribution in [1.82, 2.24) is 0 Å². The van der Waals surface area contributed by atoms with Crippen molar-refractivity contribution in [2.24, 2.45) is 0 Å². The van der Waals surface area contributed by atoms with Crippen LogP contribution in [0.4, 0.5) is 0 Å². The number of rotatable bonds is 18. The molecule has 6 nitrogen and oxygen atoms in total. The summed E-state index contributed by atoms with van der Waals surface area (Å²) < 4.78 is 39.1. The lowest BCUT2D eigenvalue weighted by Gasteiger charge is -2.36. The summed E-state index contributed by atoms with van der Waals surface area (Å²) in [5, 5.41) is 0. The molecule has 2 aromatic carbocycles. The summed E-state index contributed by atoms with van der Waals surface area (Å²) in [5.74, 6) is 2.40. The van der Waals surface area contributed by atoms with E-state index in [0.717, 1.165) is 47.8 Å². The summed E-state index contributed by atoms with van der Waals surface area (Å²) in [6, 6.07) is 13.1. The quantitative estimate of drug-likeness (QED) is 0.114. The van der Waals surface area contributed by atoms with Crippen LogP contribution in [-0.2, 0) is 19.7 Å². The highest BCUT2D eigenvalue weighted by atomic mass is 28.4. The van der Waals surface area contributed by atoms with Gasteiger partial charge >= 0.3 is 0 Å². The smallest absolute Gasteiger partial charge is 0.242 e. The predicted octanol–water partition coefficient (Wildman–Crippen LogP) is 10.4. The number of aryl methyl sites for hydroxylation is 1. The molecule has 0 radical (unpaired) electrons. The maximum atomic E-state index is 7.10. The Bertz CT molecular complexity index is 1220. The third-order valence-corrected chi connectivity index (χ3v) is 11.2. The van der Waals surface area contributed by atoms with E-state index in [0.29, 0.717) is 6.61 Å². The van der Waals surface area contributed by atoms with E-state index in [1.54, 1.807) is 7.11 Å². The molecule has 45 heavy (non-hydrogen) atoms. The molecule has 2 unspecified atom stereocenters. The van der Waals surface area contributed by atoms with Gasteiger partial charge in [-0.2, -0.15) is 0 Å². The fraction of sp³-hybridized carbons (Fsp3) is 0.647. The lowest BCUT2D eigenvalue weighted by molar-refractivity contribution is 0.126. The molecule has 11 heteroatoms. The molecule has 0 aliphatic rings. The van der Waals surface area contributed by atoms with Gasteiger partial charge in [0.05, 0.1) is 13.2 Å². The van der Waals surface area contributed by atoms with Gasteiger partial charge in [-0.3, -0.25) is 0 Å². The van der Waals surface area contributed by atoms with Crippen LogP contribution in [0.25, 0.3) is 0 Å². The summed E-state index contributed by atoms with van der Waals surface area (Å²) >= 11 is 0. The Hall–Kier alpha value is -1.20. The van der Waals surface area contributed by atoms with E-state index in [9.17, 15) is 0 Å². The lowest BCUT2D eigenvalue weighted by atomic mass is 9.88. The molecule has 2 aromatic rings. The van der Waals surface area contributed by atoms with Gasteiger partial charge in [0.15, 0.2) is 30.7 Å². The molecule has 0 N–H and O–H groups in total. The fourth-order valence-electron chi connectivity index (χ4n) is 4.83. The molecule has 0 amide bonds. The van der Waals surface area contributed by atoms with Crippen molar-refractivity contribution in [3.05, 3.63) is 53.1 Å². The highest BCUT2D eigenvalue weighted by Gasteiger charge is 2.35. The van der Waals surface area contributed by atoms with Crippen molar-refractivity contribution in [2.45, 2.75) is 123 Å². The zero-order valence-corrected chi connectivity index (χ0v) is 36.4. The van der Waals surface area contributed by atoms with Crippen LogP contribution in [0.5, 0.6) is 17.2 Å². The van der Waals surface area contributed by atoms with Crippen LogP contribution in [0.1, 0.15) is 35.1 Å². The number of hydrogen-bond acceptors (Lipinski definition) is 6. The van der Waals surface area contributed by atoms with Gasteiger partial charge < -0.3 is 26.9 Å². The third-order valence-electron chi connectivity index (χ3n) is 6.51. The summed E-state index contributed by atoms with van der Waals surface area (Å²) in [4.78, 5) is 0. The first-order chi connectivity index (χ1) is 20.4. The number of ether oxygens (including phenoxy) is 1. The van der Waals surface area contributed by atoms with Gasteiger partial charge in [0.25, 0.3) is 0 Å². The maximum Gasteiger partial charge on any atom is 0.242 e. The average Bonchev–Trinajstić information content (AvgIpc) is 2.83. The number of hydrogen-bond donors (Lipinski definition) is 0. The summed E-state index contributed by atoms with van der Waals surface area (Å²) in [6.07, 6.45) is 1.70. The second-order valence-electron chi connectivity index (χ2n) is 17.0. The summed E-state index contributed by atoms with van der Waals surface area (Å²) in [5.41, 5.74) is 3.48. The first kappa shape index (κ1) is 40.0. The average molecular weight is 709 g/mol. The molecule has 2 atom stereocenters. The normalized spacial score (nSPS) is 14.7. The van der Waals surface area contributed by atoms with Crippen LogP contribution in [0.3, 0.4) is 0 Å². The Kier molecular flexibility index (Phi) is 14.0. The molecule has 2 rings (SSSR count). The Morgan fingerprint density at radius 1 is 0.578 bits per heavy atom. The molecule has 0 heterocycles. The Morgan fingerprint density at radius 3 is 1.67 bits per heavy atom. The molecular formula is C34H64O6Si5. The molecule has 0 aliphatic heterocycles. The van der Waals surface area contributed by atoms with Crippen LogP contribution >= 0.6 is 0 Å². The topological polar surface area (TPSA) is 55.4 Å². The van der Waals surface area contributed by atoms with E-state index in [1.165, 1.54) is 5.56 Å². The van der Waals surface area contributed by atoms with Crippen molar-refractivity contribution in [3.8, 4) is 17.2 Å². The minimum atomic E-state index is -2.02. The second kappa shape index (κ2) is 15.8. The molecule has 0 fully saturated rings. The maximum absolute atomic E-state index is 7.10. The summed E-state index contributed by atoms with van der Waals surface area (Å²) in [7, 11) is -7.46. The molecule has 0 spiro atoms. The van der Waals surface area contributed by atoms with Gasteiger partial charge in [-0.1, -0.05) is 18.2 Å². The molecule has 0 aromatic heterocycles. The molecule has 0 saturated heterocycles. The summed E-state index contributed by atoms with van der Waals surface area (Å²) in [6.45, 7) is 34.8. The first-order valence-electron chi connectivity index (χ1n) is 16.5. The van der Waals surface area contributed by atoms with E-state index >= 15 is 0 Å². The van der Waals surface area contributed by atoms with Crippen LogP contribution < -0.4 is 13.6 Å². The third kappa shape index (κ3) is 15.5. The zero-order valence-electron chi connectivity index (χ0n) is 31.4. The van der Waals surface area contributed by atoms with Gasteiger partial charge in [0, 0.05) is 24.7 Å². The van der Waals surface area contributed by atoms with Crippen molar-refractivity contribution in [2.75, 3.05) is 20.3 Å². The van der Waals surface area contributed by atoms with Gasteiger partial charge in [-0.05, 0) is 140 Å².